The minimum atomic E-state index is -0.601. The second-order valence-electron chi connectivity index (χ2n) is 8.94. The molecule has 4 aromatic rings. The maximum Gasteiger partial charge on any atom is 0.311 e. The van der Waals surface area contributed by atoms with Gasteiger partial charge in [-0.3, -0.25) is 4.79 Å². The van der Waals surface area contributed by atoms with Gasteiger partial charge in [0.25, 0.3) is 0 Å². The highest BCUT2D eigenvalue weighted by Crippen LogP contribution is 2.40. The summed E-state index contributed by atoms with van der Waals surface area (Å²) in [6.07, 6.45) is 1.77. The molecule has 2 N–H and O–H groups in total. The van der Waals surface area contributed by atoms with Crippen LogP contribution in [0, 0.1) is 5.41 Å². The van der Waals surface area contributed by atoms with Crippen molar-refractivity contribution in [1.82, 2.24) is 0 Å². The Labute approximate surface area is 187 Å². The van der Waals surface area contributed by atoms with Gasteiger partial charge < -0.3 is 14.9 Å². The molecule has 0 aliphatic heterocycles. The van der Waals surface area contributed by atoms with E-state index < -0.39 is 5.41 Å². The fraction of sp³-hybridized carbons (Fsp3) is 0.179. The first-order chi connectivity index (χ1) is 15.2. The molecule has 0 bridgehead atoms. The van der Waals surface area contributed by atoms with E-state index in [9.17, 15) is 15.0 Å². The molecule has 162 valence electrons. The number of carbonyl (C=O) groups is 1. The van der Waals surface area contributed by atoms with Gasteiger partial charge in [0.1, 0.15) is 18.1 Å². The quantitative estimate of drug-likeness (QED) is 0.352. The molecule has 0 heterocycles. The summed E-state index contributed by atoms with van der Waals surface area (Å²) < 4.78 is 5.52. The van der Waals surface area contributed by atoms with Gasteiger partial charge in [-0.15, -0.1) is 0 Å². The van der Waals surface area contributed by atoms with E-state index in [0.717, 1.165) is 32.8 Å². The SMILES string of the molecule is C=Cc1cc(-c2ccc3c(O)ccc(COC(=O)C(C)(C)C)c3c2)c(O)c2ccccc12. The molecule has 0 radical (unpaired) electrons. The number of rotatable bonds is 4. The van der Waals surface area contributed by atoms with Crippen molar-refractivity contribution in [2.45, 2.75) is 27.4 Å². The molecule has 0 saturated carbocycles. The highest BCUT2D eigenvalue weighted by molar-refractivity contribution is 6.02. The van der Waals surface area contributed by atoms with Crippen LogP contribution in [0.4, 0.5) is 0 Å². The summed E-state index contributed by atoms with van der Waals surface area (Å²) in [5, 5.41) is 24.5. The molecule has 0 unspecified atom stereocenters. The van der Waals surface area contributed by atoms with Gasteiger partial charge in [-0.1, -0.05) is 55.1 Å². The first-order valence-corrected chi connectivity index (χ1v) is 10.5. The second-order valence-corrected chi connectivity index (χ2v) is 8.94. The average Bonchev–Trinajstić information content (AvgIpc) is 2.78. The summed E-state index contributed by atoms with van der Waals surface area (Å²) >= 11 is 0. The molecule has 4 aromatic carbocycles. The monoisotopic (exact) mass is 426 g/mol. The summed E-state index contributed by atoms with van der Waals surface area (Å²) in [5.41, 5.74) is 2.56. The Morgan fingerprint density at radius 2 is 1.66 bits per heavy atom. The molecule has 0 aliphatic carbocycles. The van der Waals surface area contributed by atoms with Crippen LogP contribution in [-0.4, -0.2) is 16.2 Å². The van der Waals surface area contributed by atoms with Crippen LogP contribution < -0.4 is 0 Å². The largest absolute Gasteiger partial charge is 0.507 e. The van der Waals surface area contributed by atoms with Gasteiger partial charge in [-0.2, -0.15) is 0 Å². The number of benzene rings is 4. The molecular weight excluding hydrogens is 400 g/mol. The molecule has 0 saturated heterocycles. The van der Waals surface area contributed by atoms with Crippen molar-refractivity contribution in [3.8, 4) is 22.6 Å². The summed E-state index contributed by atoms with van der Waals surface area (Å²) in [6.45, 7) is 9.44. The van der Waals surface area contributed by atoms with E-state index in [0.29, 0.717) is 10.9 Å². The van der Waals surface area contributed by atoms with Crippen molar-refractivity contribution in [3.63, 3.8) is 0 Å². The van der Waals surface area contributed by atoms with Crippen LogP contribution in [-0.2, 0) is 16.1 Å². The van der Waals surface area contributed by atoms with Crippen molar-refractivity contribution in [2.75, 3.05) is 0 Å². The van der Waals surface area contributed by atoms with Crippen molar-refractivity contribution >= 4 is 33.6 Å². The number of fused-ring (bicyclic) bond motifs is 2. The summed E-state index contributed by atoms with van der Waals surface area (Å²) in [6, 6.07) is 18.5. The predicted octanol–water partition coefficient (Wildman–Crippen LogP) is 6.80. The standard InChI is InChI=1S/C28H26O4/c1-5-17-14-24(26(30)22-9-7-6-8-20(17)22)18-10-12-21-23(15-18)19(11-13-25(21)29)16-32-27(31)28(2,3)4/h5-15,29-30H,1,16H2,2-4H3. The van der Waals surface area contributed by atoms with Crippen LogP contribution in [0.2, 0.25) is 0 Å². The number of esters is 1. The number of ether oxygens (including phenoxy) is 1. The first kappa shape index (κ1) is 21.4. The van der Waals surface area contributed by atoms with Crippen LogP contribution in [0.3, 0.4) is 0 Å². The number of hydrogen-bond donors (Lipinski definition) is 2. The van der Waals surface area contributed by atoms with Gasteiger partial charge in [0, 0.05) is 16.3 Å². The average molecular weight is 427 g/mol. The zero-order valence-electron chi connectivity index (χ0n) is 18.5. The van der Waals surface area contributed by atoms with Gasteiger partial charge >= 0.3 is 5.97 Å². The highest BCUT2D eigenvalue weighted by atomic mass is 16.5. The Balaban J connectivity index is 1.86. The normalized spacial score (nSPS) is 11.6. The minimum absolute atomic E-state index is 0.0952. The fourth-order valence-electron chi connectivity index (χ4n) is 3.82. The molecule has 0 aromatic heterocycles. The summed E-state index contributed by atoms with van der Waals surface area (Å²) in [7, 11) is 0. The third-order valence-electron chi connectivity index (χ3n) is 5.63. The lowest BCUT2D eigenvalue weighted by Gasteiger charge is -2.18. The minimum Gasteiger partial charge on any atom is -0.507 e. The van der Waals surface area contributed by atoms with E-state index >= 15 is 0 Å². The maximum atomic E-state index is 12.3. The number of hydrogen-bond acceptors (Lipinski definition) is 4. The van der Waals surface area contributed by atoms with E-state index in [-0.39, 0.29) is 24.1 Å². The molecule has 0 aliphatic rings. The van der Waals surface area contributed by atoms with Crippen LogP contribution in [0.5, 0.6) is 11.5 Å². The molecule has 4 nitrogen and oxygen atoms in total. The zero-order valence-corrected chi connectivity index (χ0v) is 18.5. The fourth-order valence-corrected chi connectivity index (χ4v) is 3.82. The number of phenolic OH excluding ortho intramolecular Hbond substituents is 2. The molecule has 0 atom stereocenters. The molecule has 0 spiro atoms. The van der Waals surface area contributed by atoms with Gasteiger partial charge in [0.15, 0.2) is 0 Å². The van der Waals surface area contributed by atoms with Crippen molar-refractivity contribution < 1.29 is 19.7 Å². The molecule has 4 rings (SSSR count). The number of phenols is 2. The summed E-state index contributed by atoms with van der Waals surface area (Å²) in [5.74, 6) is 0.0380. The second kappa shape index (κ2) is 8.04. The van der Waals surface area contributed by atoms with E-state index in [2.05, 4.69) is 6.58 Å². The topological polar surface area (TPSA) is 66.8 Å². The van der Waals surface area contributed by atoms with Crippen LogP contribution in [0.25, 0.3) is 38.7 Å². The first-order valence-electron chi connectivity index (χ1n) is 10.5. The zero-order chi connectivity index (χ0) is 23.0. The van der Waals surface area contributed by atoms with Crippen LogP contribution in [0.1, 0.15) is 31.9 Å². The Morgan fingerprint density at radius 1 is 0.938 bits per heavy atom. The molecule has 0 fully saturated rings. The maximum absolute atomic E-state index is 12.3. The Morgan fingerprint density at radius 3 is 2.34 bits per heavy atom. The molecule has 0 amide bonds. The third kappa shape index (κ3) is 3.80. The van der Waals surface area contributed by atoms with Crippen molar-refractivity contribution in [2.24, 2.45) is 5.41 Å². The van der Waals surface area contributed by atoms with Crippen molar-refractivity contribution in [3.05, 3.63) is 78.4 Å². The number of carbonyl (C=O) groups excluding carboxylic acids is 1. The van der Waals surface area contributed by atoms with E-state index in [1.165, 1.54) is 0 Å². The molecular formula is C28H26O4. The Hall–Kier alpha value is -3.79. The lowest BCUT2D eigenvalue weighted by Crippen LogP contribution is -2.22. The smallest absolute Gasteiger partial charge is 0.311 e. The molecule has 32 heavy (non-hydrogen) atoms. The van der Waals surface area contributed by atoms with Crippen LogP contribution in [0.15, 0.2) is 67.2 Å². The van der Waals surface area contributed by atoms with Gasteiger partial charge in [-0.25, -0.2) is 0 Å². The summed E-state index contributed by atoms with van der Waals surface area (Å²) in [4.78, 5) is 12.3. The van der Waals surface area contributed by atoms with Gasteiger partial charge in [0.05, 0.1) is 5.41 Å². The van der Waals surface area contributed by atoms with Crippen molar-refractivity contribution in [1.29, 1.82) is 0 Å². The Kier molecular flexibility index (Phi) is 5.39. The predicted molar refractivity (Wildman–Crippen MR) is 130 cm³/mol. The number of aromatic hydroxyl groups is 2. The van der Waals surface area contributed by atoms with Gasteiger partial charge in [-0.05, 0) is 66.4 Å². The lowest BCUT2D eigenvalue weighted by atomic mass is 9.93. The third-order valence-corrected chi connectivity index (χ3v) is 5.63. The lowest BCUT2D eigenvalue weighted by molar-refractivity contribution is -0.154. The van der Waals surface area contributed by atoms with Gasteiger partial charge in [0.2, 0.25) is 0 Å². The van der Waals surface area contributed by atoms with E-state index in [1.807, 2.05) is 69.3 Å². The van der Waals surface area contributed by atoms with E-state index in [4.69, 9.17) is 4.74 Å². The molecule has 4 heteroatoms. The highest BCUT2D eigenvalue weighted by Gasteiger charge is 2.23. The Bertz CT molecular complexity index is 1360. The van der Waals surface area contributed by atoms with E-state index in [1.54, 1.807) is 18.2 Å². The van der Waals surface area contributed by atoms with Crippen LogP contribution >= 0.6 is 0 Å².